The van der Waals surface area contributed by atoms with Crippen LogP contribution in [0.15, 0.2) is 85.1 Å². The number of carbonyl (C=O) groups is 2. The minimum Gasteiger partial charge on any atom is -0.462 e. The second-order valence-corrected chi connectivity index (χ2v) is 15.1. The van der Waals surface area contributed by atoms with Crippen LogP contribution in [0.3, 0.4) is 0 Å². The molecule has 10 nitrogen and oxygen atoms in total. The number of aliphatic hydroxyl groups excluding tert-OH is 4. The maximum atomic E-state index is 12.7. The molecule has 1 aliphatic heterocycles. The van der Waals surface area contributed by atoms with Crippen molar-refractivity contribution in [1.29, 1.82) is 0 Å². The maximum absolute atomic E-state index is 12.7. The molecule has 1 fully saturated rings. The third kappa shape index (κ3) is 30.5. The highest BCUT2D eigenvalue weighted by molar-refractivity contribution is 5.70. The summed E-state index contributed by atoms with van der Waals surface area (Å²) in [6.45, 7) is 3.18. The summed E-state index contributed by atoms with van der Waals surface area (Å²) < 4.78 is 22.0. The molecule has 0 aliphatic carbocycles. The Hall–Kier alpha value is -3.12. The summed E-state index contributed by atoms with van der Waals surface area (Å²) in [5.74, 6) is -0.968. The third-order valence-corrected chi connectivity index (χ3v) is 9.79. The molecule has 0 aromatic heterocycles. The number of hydrogen-bond acceptors (Lipinski definition) is 10. The highest BCUT2D eigenvalue weighted by Crippen LogP contribution is 2.22. The Labute approximate surface area is 356 Å². The Morgan fingerprint density at radius 1 is 0.542 bits per heavy atom. The Balaban J connectivity index is 2.41. The van der Waals surface area contributed by atoms with Crippen LogP contribution in [0.2, 0.25) is 0 Å². The average Bonchev–Trinajstić information content (AvgIpc) is 3.23. The Kier molecular flexibility index (Phi) is 35.7. The van der Waals surface area contributed by atoms with Gasteiger partial charge in [0.1, 0.15) is 31.0 Å². The predicted octanol–water partition coefficient (Wildman–Crippen LogP) is 9.77. The van der Waals surface area contributed by atoms with Crippen molar-refractivity contribution in [3.63, 3.8) is 0 Å². The van der Waals surface area contributed by atoms with Crippen LogP contribution in [-0.2, 0) is 28.5 Å². The number of carbonyl (C=O) groups excluding carboxylic acids is 2. The molecule has 1 aliphatic rings. The van der Waals surface area contributed by atoms with Gasteiger partial charge in [-0.25, -0.2) is 0 Å². The van der Waals surface area contributed by atoms with Crippen LogP contribution in [0, 0.1) is 0 Å². The number of aliphatic hydroxyl groups is 4. The summed E-state index contributed by atoms with van der Waals surface area (Å²) in [5, 5.41) is 40.1. The van der Waals surface area contributed by atoms with Crippen molar-refractivity contribution < 1.29 is 49.0 Å². The first-order chi connectivity index (χ1) is 28.8. The van der Waals surface area contributed by atoms with Gasteiger partial charge in [0.2, 0.25) is 0 Å². The molecule has 10 heteroatoms. The van der Waals surface area contributed by atoms with Gasteiger partial charge in [-0.15, -0.1) is 0 Å². The summed E-state index contributed by atoms with van der Waals surface area (Å²) in [6, 6.07) is 0. The van der Waals surface area contributed by atoms with E-state index in [-0.39, 0.29) is 26.1 Å². The molecule has 1 saturated heterocycles. The van der Waals surface area contributed by atoms with E-state index in [0.29, 0.717) is 12.8 Å². The monoisotopic (exact) mass is 829 g/mol. The van der Waals surface area contributed by atoms with E-state index in [4.69, 9.17) is 18.9 Å². The van der Waals surface area contributed by atoms with E-state index in [9.17, 15) is 30.0 Å². The molecule has 2 unspecified atom stereocenters. The number of hydrogen-bond donors (Lipinski definition) is 4. The molecular formula is C49H80O10. The molecule has 59 heavy (non-hydrogen) atoms. The summed E-state index contributed by atoms with van der Waals surface area (Å²) in [4.78, 5) is 25.3. The number of unbranched alkanes of at least 4 members (excludes halogenated alkanes) is 11. The molecule has 1 rings (SSSR count). The van der Waals surface area contributed by atoms with Crippen molar-refractivity contribution >= 4 is 11.9 Å². The molecule has 0 amide bonds. The number of allylic oxidation sites excluding steroid dienone is 14. The van der Waals surface area contributed by atoms with Crippen LogP contribution in [0.5, 0.6) is 0 Å². The lowest BCUT2D eigenvalue weighted by Crippen LogP contribution is -2.59. The van der Waals surface area contributed by atoms with E-state index in [1.807, 2.05) is 18.2 Å². The van der Waals surface area contributed by atoms with E-state index in [2.05, 4.69) is 80.7 Å². The number of ether oxygens (including phenoxy) is 4. The Morgan fingerprint density at radius 3 is 1.53 bits per heavy atom. The van der Waals surface area contributed by atoms with Crippen LogP contribution in [-0.4, -0.2) is 89.0 Å². The van der Waals surface area contributed by atoms with Gasteiger partial charge in [-0.1, -0.05) is 163 Å². The van der Waals surface area contributed by atoms with Crippen LogP contribution in [0.4, 0.5) is 0 Å². The molecule has 0 radical (unpaired) electrons. The standard InChI is InChI=1S/C49H80O10/c1-3-5-7-9-11-13-15-17-19-20-21-22-24-25-27-29-31-33-35-37-44(51)56-40-42(41-57-49-48(55)47(54)46(53)43(39-50)59-49)58-45(52)38-36-34-32-30-28-26-23-18-16-14-12-10-8-6-4-2/h5,7,11,13,17,19,21-22,25,27,31-34,42-43,46-50,53-55H,3-4,6,8-10,12,14-16,18,20,23-24,26,28-30,35-41H2,1-2H3/b7-5+,13-11+,19-17+,22-21+,27-25+,33-31+,34-32+/t42-,43-,46+,47?,48?,49-/m0/s1. The fraction of sp³-hybridized carbons (Fsp3) is 0.673. The molecule has 336 valence electrons. The van der Waals surface area contributed by atoms with Crippen LogP contribution < -0.4 is 0 Å². The van der Waals surface area contributed by atoms with Crippen molar-refractivity contribution in [3.05, 3.63) is 85.1 Å². The lowest BCUT2D eigenvalue weighted by Gasteiger charge is -2.39. The number of rotatable bonds is 36. The SMILES string of the molecule is CC/C=C/C/C=C/C/C=C/C/C=C/C/C=C/C/C=C/CCC(=O)OC[C@@H](CO[C@H]1O[C@@H](CO)[C@@H](O)C(O)C1O)OC(=O)CC/C=C/CCCCCCCCCCCCC. The molecule has 0 aromatic rings. The Bertz CT molecular complexity index is 1230. The molecule has 6 atom stereocenters. The molecule has 0 bridgehead atoms. The van der Waals surface area contributed by atoms with E-state index < -0.39 is 55.4 Å². The van der Waals surface area contributed by atoms with Crippen molar-refractivity contribution in [2.24, 2.45) is 0 Å². The minimum atomic E-state index is -1.62. The van der Waals surface area contributed by atoms with Gasteiger partial charge < -0.3 is 39.4 Å². The maximum Gasteiger partial charge on any atom is 0.306 e. The summed E-state index contributed by atoms with van der Waals surface area (Å²) in [5.41, 5.74) is 0. The first kappa shape index (κ1) is 53.9. The van der Waals surface area contributed by atoms with Gasteiger partial charge in [-0.05, 0) is 64.2 Å². The van der Waals surface area contributed by atoms with Gasteiger partial charge in [0.15, 0.2) is 12.4 Å². The van der Waals surface area contributed by atoms with Crippen LogP contribution >= 0.6 is 0 Å². The normalized spacial score (nSPS) is 20.8. The smallest absolute Gasteiger partial charge is 0.306 e. The fourth-order valence-electron chi connectivity index (χ4n) is 6.23. The van der Waals surface area contributed by atoms with E-state index >= 15 is 0 Å². The fourth-order valence-corrected chi connectivity index (χ4v) is 6.23. The van der Waals surface area contributed by atoms with E-state index in [1.54, 1.807) is 0 Å². The molecule has 4 N–H and O–H groups in total. The summed E-state index contributed by atoms with van der Waals surface area (Å²) in [6.07, 6.45) is 43.3. The van der Waals surface area contributed by atoms with Crippen LogP contribution in [0.1, 0.15) is 155 Å². The van der Waals surface area contributed by atoms with E-state index in [1.165, 1.54) is 64.2 Å². The highest BCUT2D eigenvalue weighted by atomic mass is 16.7. The largest absolute Gasteiger partial charge is 0.462 e. The third-order valence-electron chi connectivity index (χ3n) is 9.79. The first-order valence-electron chi connectivity index (χ1n) is 22.7. The zero-order chi connectivity index (χ0) is 43.0. The first-order valence-corrected chi connectivity index (χ1v) is 22.7. The molecule has 1 heterocycles. The predicted molar refractivity (Wildman–Crippen MR) is 237 cm³/mol. The van der Waals surface area contributed by atoms with Gasteiger partial charge >= 0.3 is 11.9 Å². The van der Waals surface area contributed by atoms with Gasteiger partial charge in [0.05, 0.1) is 13.2 Å². The van der Waals surface area contributed by atoms with Gasteiger partial charge in [-0.3, -0.25) is 9.59 Å². The zero-order valence-electron chi connectivity index (χ0n) is 36.5. The lowest BCUT2D eigenvalue weighted by molar-refractivity contribution is -0.305. The quantitative estimate of drug-likeness (QED) is 0.0273. The van der Waals surface area contributed by atoms with Crippen molar-refractivity contribution in [2.45, 2.75) is 192 Å². The van der Waals surface area contributed by atoms with Gasteiger partial charge in [0.25, 0.3) is 0 Å². The van der Waals surface area contributed by atoms with Crippen LogP contribution in [0.25, 0.3) is 0 Å². The molecule has 0 saturated carbocycles. The lowest BCUT2D eigenvalue weighted by atomic mass is 9.99. The summed E-state index contributed by atoms with van der Waals surface area (Å²) >= 11 is 0. The Morgan fingerprint density at radius 2 is 1.00 bits per heavy atom. The topological polar surface area (TPSA) is 152 Å². The number of esters is 2. The van der Waals surface area contributed by atoms with Gasteiger partial charge in [0, 0.05) is 12.8 Å². The molecule has 0 aromatic carbocycles. The van der Waals surface area contributed by atoms with Crippen molar-refractivity contribution in [1.82, 2.24) is 0 Å². The highest BCUT2D eigenvalue weighted by Gasteiger charge is 2.44. The minimum absolute atomic E-state index is 0.127. The average molecular weight is 829 g/mol. The molecule has 0 spiro atoms. The van der Waals surface area contributed by atoms with Crippen molar-refractivity contribution in [3.8, 4) is 0 Å². The molecular weight excluding hydrogens is 749 g/mol. The second-order valence-electron chi connectivity index (χ2n) is 15.1. The summed E-state index contributed by atoms with van der Waals surface area (Å²) in [7, 11) is 0. The van der Waals surface area contributed by atoms with Gasteiger partial charge in [-0.2, -0.15) is 0 Å². The van der Waals surface area contributed by atoms with E-state index in [0.717, 1.165) is 51.4 Å². The second kappa shape index (κ2) is 39.0. The van der Waals surface area contributed by atoms with Crippen molar-refractivity contribution in [2.75, 3.05) is 19.8 Å². The zero-order valence-corrected chi connectivity index (χ0v) is 36.5.